The highest BCUT2D eigenvalue weighted by Gasteiger charge is 2.19. The first kappa shape index (κ1) is 21.1. The Morgan fingerprint density at radius 1 is 0.871 bits per heavy atom. The van der Waals surface area contributed by atoms with Crippen LogP contribution in [0.5, 0.6) is 5.75 Å². The zero-order valence-corrected chi connectivity index (χ0v) is 18.9. The van der Waals surface area contributed by atoms with Crippen molar-refractivity contribution >= 4 is 54.3 Å². The SMILES string of the molecule is CCOc1ccc(S(=O)(=O)Nc2nc3ccccc3nc2Nc2ccc(Br)cc2)cc1. The molecular formula is C22H19BrN4O3S. The molecule has 1 aromatic heterocycles. The maximum atomic E-state index is 13.0. The number of hydrogen-bond donors (Lipinski definition) is 2. The van der Waals surface area contributed by atoms with Crippen LogP contribution in [0.25, 0.3) is 11.0 Å². The second-order valence-electron chi connectivity index (χ2n) is 6.55. The van der Waals surface area contributed by atoms with Crippen molar-refractivity contribution in [2.75, 3.05) is 16.6 Å². The Balaban J connectivity index is 1.71. The molecule has 0 aliphatic heterocycles. The van der Waals surface area contributed by atoms with Gasteiger partial charge in [0.05, 0.1) is 22.5 Å². The van der Waals surface area contributed by atoms with Gasteiger partial charge in [-0.25, -0.2) is 18.4 Å². The summed E-state index contributed by atoms with van der Waals surface area (Å²) in [6.07, 6.45) is 0. The second-order valence-corrected chi connectivity index (χ2v) is 9.15. The summed E-state index contributed by atoms with van der Waals surface area (Å²) in [4.78, 5) is 9.17. The molecule has 0 saturated heterocycles. The van der Waals surface area contributed by atoms with Crippen LogP contribution in [0.3, 0.4) is 0 Å². The number of halogens is 1. The van der Waals surface area contributed by atoms with Crippen LogP contribution in [-0.4, -0.2) is 25.0 Å². The monoisotopic (exact) mass is 498 g/mol. The minimum Gasteiger partial charge on any atom is -0.494 e. The molecule has 0 unspecified atom stereocenters. The minimum absolute atomic E-state index is 0.0977. The number of nitrogens with one attached hydrogen (secondary N) is 2. The maximum absolute atomic E-state index is 13.0. The lowest BCUT2D eigenvalue weighted by atomic mass is 10.3. The third-order valence-electron chi connectivity index (χ3n) is 4.35. The standard InChI is InChI=1S/C22H19BrN4O3S/c1-2-30-17-11-13-18(14-12-17)31(28,29)27-22-21(24-16-9-7-15(23)8-10-16)25-19-5-3-4-6-20(19)26-22/h3-14H,2H2,1H3,(H,24,25)(H,26,27). The zero-order valence-electron chi connectivity index (χ0n) is 16.5. The highest BCUT2D eigenvalue weighted by atomic mass is 79.9. The highest BCUT2D eigenvalue weighted by molar-refractivity contribution is 9.10. The first-order chi connectivity index (χ1) is 14.9. The van der Waals surface area contributed by atoms with Gasteiger partial charge in [-0.3, -0.25) is 4.72 Å². The van der Waals surface area contributed by atoms with E-state index < -0.39 is 10.0 Å². The number of sulfonamides is 1. The first-order valence-electron chi connectivity index (χ1n) is 9.49. The van der Waals surface area contributed by atoms with Crippen LogP contribution < -0.4 is 14.8 Å². The molecule has 0 spiro atoms. The quantitative estimate of drug-likeness (QED) is 0.357. The van der Waals surface area contributed by atoms with Crippen molar-refractivity contribution in [3.63, 3.8) is 0 Å². The summed E-state index contributed by atoms with van der Waals surface area (Å²) in [7, 11) is -3.89. The van der Waals surface area contributed by atoms with Crippen LogP contribution in [0.2, 0.25) is 0 Å². The molecule has 4 aromatic rings. The van der Waals surface area contributed by atoms with Gasteiger partial charge in [0, 0.05) is 10.2 Å². The molecule has 4 rings (SSSR count). The largest absolute Gasteiger partial charge is 0.494 e. The molecule has 9 heteroatoms. The fourth-order valence-electron chi connectivity index (χ4n) is 2.90. The number of benzene rings is 3. The van der Waals surface area contributed by atoms with Gasteiger partial charge < -0.3 is 10.1 Å². The van der Waals surface area contributed by atoms with Gasteiger partial charge in [-0.05, 0) is 67.6 Å². The molecule has 0 bridgehead atoms. The molecule has 1 heterocycles. The molecule has 3 aromatic carbocycles. The van der Waals surface area contributed by atoms with E-state index in [0.717, 1.165) is 10.2 Å². The van der Waals surface area contributed by atoms with Crippen molar-refractivity contribution in [1.82, 2.24) is 9.97 Å². The first-order valence-corrected chi connectivity index (χ1v) is 11.8. The number of para-hydroxylation sites is 2. The van der Waals surface area contributed by atoms with Gasteiger partial charge in [0.25, 0.3) is 10.0 Å². The van der Waals surface area contributed by atoms with Crippen LogP contribution in [0.1, 0.15) is 6.92 Å². The third-order valence-corrected chi connectivity index (χ3v) is 6.24. The number of rotatable bonds is 7. The Morgan fingerprint density at radius 2 is 1.48 bits per heavy atom. The molecular weight excluding hydrogens is 480 g/mol. The highest BCUT2D eigenvalue weighted by Crippen LogP contribution is 2.28. The summed E-state index contributed by atoms with van der Waals surface area (Å²) in [5.41, 5.74) is 1.97. The zero-order chi connectivity index (χ0) is 21.8. The van der Waals surface area contributed by atoms with E-state index in [-0.39, 0.29) is 10.7 Å². The fourth-order valence-corrected chi connectivity index (χ4v) is 4.17. The topological polar surface area (TPSA) is 93.2 Å². The predicted octanol–water partition coefficient (Wildman–Crippen LogP) is 5.34. The Bertz CT molecular complexity index is 1310. The van der Waals surface area contributed by atoms with E-state index in [1.54, 1.807) is 18.2 Å². The molecule has 31 heavy (non-hydrogen) atoms. The summed E-state index contributed by atoms with van der Waals surface area (Å²) in [6, 6.07) is 20.9. The van der Waals surface area contributed by atoms with Gasteiger partial charge in [-0.2, -0.15) is 0 Å². The average Bonchev–Trinajstić information content (AvgIpc) is 2.76. The van der Waals surface area contributed by atoms with Crippen molar-refractivity contribution in [2.24, 2.45) is 0 Å². The van der Waals surface area contributed by atoms with Crippen molar-refractivity contribution in [3.8, 4) is 5.75 Å². The Kier molecular flexibility index (Phi) is 6.06. The summed E-state index contributed by atoms with van der Waals surface area (Å²) >= 11 is 3.40. The number of nitrogens with zero attached hydrogens (tertiary/aromatic N) is 2. The van der Waals surface area contributed by atoms with Gasteiger partial charge >= 0.3 is 0 Å². The summed E-state index contributed by atoms with van der Waals surface area (Å²) < 4.78 is 34.9. The molecule has 0 fully saturated rings. The molecule has 0 saturated carbocycles. The van der Waals surface area contributed by atoms with Crippen molar-refractivity contribution in [2.45, 2.75) is 11.8 Å². The van der Waals surface area contributed by atoms with E-state index in [2.05, 4.69) is 35.9 Å². The number of hydrogen-bond acceptors (Lipinski definition) is 6. The molecule has 0 radical (unpaired) electrons. The number of anilines is 3. The van der Waals surface area contributed by atoms with Gasteiger partial charge in [0.15, 0.2) is 11.6 Å². The van der Waals surface area contributed by atoms with Crippen molar-refractivity contribution < 1.29 is 13.2 Å². The van der Waals surface area contributed by atoms with E-state index in [4.69, 9.17) is 4.74 Å². The molecule has 2 N–H and O–H groups in total. The van der Waals surface area contributed by atoms with Crippen LogP contribution in [0.4, 0.5) is 17.3 Å². The molecule has 7 nitrogen and oxygen atoms in total. The molecule has 0 amide bonds. The number of aromatic nitrogens is 2. The predicted molar refractivity (Wildman–Crippen MR) is 125 cm³/mol. The van der Waals surface area contributed by atoms with E-state index in [0.29, 0.717) is 29.2 Å². The van der Waals surface area contributed by atoms with Crippen LogP contribution in [-0.2, 0) is 10.0 Å². The van der Waals surface area contributed by atoms with E-state index in [1.807, 2.05) is 49.4 Å². The summed E-state index contributed by atoms with van der Waals surface area (Å²) in [5.74, 6) is 1.01. The van der Waals surface area contributed by atoms with E-state index in [9.17, 15) is 8.42 Å². The van der Waals surface area contributed by atoms with Crippen LogP contribution >= 0.6 is 15.9 Å². The molecule has 0 aliphatic rings. The molecule has 158 valence electrons. The second kappa shape index (κ2) is 8.91. The van der Waals surface area contributed by atoms with Crippen LogP contribution in [0.15, 0.2) is 82.2 Å². The average molecular weight is 499 g/mol. The summed E-state index contributed by atoms with van der Waals surface area (Å²) in [5, 5.41) is 3.15. The maximum Gasteiger partial charge on any atom is 0.263 e. The lowest BCUT2D eigenvalue weighted by Crippen LogP contribution is -2.16. The number of ether oxygens (including phenoxy) is 1. The molecule has 0 atom stereocenters. The normalized spacial score (nSPS) is 11.3. The van der Waals surface area contributed by atoms with Gasteiger partial charge in [0.1, 0.15) is 5.75 Å². The van der Waals surface area contributed by atoms with Crippen molar-refractivity contribution in [3.05, 3.63) is 77.3 Å². The Labute approximate surface area is 188 Å². The van der Waals surface area contributed by atoms with Gasteiger partial charge in [-0.15, -0.1) is 0 Å². The number of fused-ring (bicyclic) bond motifs is 1. The summed E-state index contributed by atoms with van der Waals surface area (Å²) in [6.45, 7) is 2.37. The van der Waals surface area contributed by atoms with E-state index in [1.165, 1.54) is 12.1 Å². The van der Waals surface area contributed by atoms with Crippen molar-refractivity contribution in [1.29, 1.82) is 0 Å². The third kappa shape index (κ3) is 4.95. The fraction of sp³-hybridized carbons (Fsp3) is 0.0909. The van der Waals surface area contributed by atoms with Crippen LogP contribution in [0, 0.1) is 0 Å². The molecule has 0 aliphatic carbocycles. The Hall–Kier alpha value is -3.17. The lowest BCUT2D eigenvalue weighted by molar-refractivity contribution is 0.340. The Morgan fingerprint density at radius 3 is 2.10 bits per heavy atom. The lowest BCUT2D eigenvalue weighted by Gasteiger charge is -2.14. The smallest absolute Gasteiger partial charge is 0.263 e. The van der Waals surface area contributed by atoms with Gasteiger partial charge in [0.2, 0.25) is 0 Å². The van der Waals surface area contributed by atoms with Gasteiger partial charge in [-0.1, -0.05) is 28.1 Å². The van der Waals surface area contributed by atoms with E-state index >= 15 is 0 Å². The minimum atomic E-state index is -3.89.